The molecule has 3 aromatic rings. The number of nitrogens with zero attached hydrogens (tertiary/aromatic N) is 2. The van der Waals surface area contributed by atoms with Crippen molar-refractivity contribution in [1.29, 1.82) is 0 Å². The van der Waals surface area contributed by atoms with E-state index in [4.69, 9.17) is 0 Å². The van der Waals surface area contributed by atoms with Crippen molar-refractivity contribution in [3.05, 3.63) is 72.4 Å². The Morgan fingerprint density at radius 2 is 2.29 bits per heavy atom. The Bertz CT molecular complexity index is 1040. The van der Waals surface area contributed by atoms with E-state index >= 15 is 0 Å². The Labute approximate surface area is 170 Å². The number of fused-ring (bicyclic) bond motifs is 1. The summed E-state index contributed by atoms with van der Waals surface area (Å²) in [7, 11) is 0. The highest BCUT2D eigenvalue weighted by Gasteiger charge is 2.23. The highest BCUT2D eigenvalue weighted by molar-refractivity contribution is 7.15. The molecule has 1 aliphatic rings. The first kappa shape index (κ1) is 18.8. The van der Waals surface area contributed by atoms with Gasteiger partial charge in [0, 0.05) is 39.9 Å². The summed E-state index contributed by atoms with van der Waals surface area (Å²) in [5.74, 6) is 0.570. The van der Waals surface area contributed by atoms with Crippen molar-refractivity contribution in [3.63, 3.8) is 0 Å². The highest BCUT2D eigenvalue weighted by Crippen LogP contribution is 2.33. The summed E-state index contributed by atoms with van der Waals surface area (Å²) in [5, 5.41) is 16.3. The molecular formula is C20H19N3O3S2. The maximum Gasteiger partial charge on any atom is 0.269 e. The van der Waals surface area contributed by atoms with Gasteiger partial charge in [0.15, 0.2) is 5.13 Å². The molecular weight excluding hydrogens is 394 g/mol. The summed E-state index contributed by atoms with van der Waals surface area (Å²) in [6.45, 7) is 2.25. The molecule has 2 heterocycles. The molecule has 0 saturated carbocycles. The third-order valence-corrected chi connectivity index (χ3v) is 6.88. The fraction of sp³-hybridized carbons (Fsp3) is 0.300. The average Bonchev–Trinajstić information content (AvgIpc) is 3.28. The molecule has 0 radical (unpaired) electrons. The van der Waals surface area contributed by atoms with Crippen LogP contribution in [0.15, 0.2) is 35.8 Å². The zero-order valence-corrected chi connectivity index (χ0v) is 16.9. The first-order valence-corrected chi connectivity index (χ1v) is 10.8. The van der Waals surface area contributed by atoms with E-state index in [0.717, 1.165) is 35.3 Å². The number of non-ortho nitro benzene ring substituents is 1. The number of nitro benzene ring substituents is 1. The van der Waals surface area contributed by atoms with Gasteiger partial charge in [-0.3, -0.25) is 20.2 Å². The van der Waals surface area contributed by atoms with E-state index in [1.54, 1.807) is 29.7 Å². The second-order valence-corrected chi connectivity index (χ2v) is 9.17. The number of hydrogen-bond acceptors (Lipinski definition) is 6. The van der Waals surface area contributed by atoms with Gasteiger partial charge in [-0.25, -0.2) is 4.98 Å². The van der Waals surface area contributed by atoms with Crippen LogP contribution in [0, 0.1) is 16.0 Å². The minimum atomic E-state index is -0.399. The topological polar surface area (TPSA) is 85.1 Å². The zero-order valence-electron chi connectivity index (χ0n) is 15.3. The molecule has 1 N–H and O–H groups in total. The monoisotopic (exact) mass is 413 g/mol. The van der Waals surface area contributed by atoms with Gasteiger partial charge < -0.3 is 0 Å². The number of thiophene rings is 1. The van der Waals surface area contributed by atoms with Crippen molar-refractivity contribution >= 4 is 39.4 Å². The van der Waals surface area contributed by atoms with Crippen LogP contribution in [0.25, 0.3) is 0 Å². The maximum atomic E-state index is 12.7. The van der Waals surface area contributed by atoms with E-state index in [0.29, 0.717) is 17.5 Å². The van der Waals surface area contributed by atoms with Crippen LogP contribution in [0.1, 0.15) is 44.6 Å². The fourth-order valence-corrected chi connectivity index (χ4v) is 5.55. The largest absolute Gasteiger partial charge is 0.298 e. The van der Waals surface area contributed by atoms with Crippen LogP contribution in [0.3, 0.4) is 0 Å². The normalized spacial score (nSPS) is 15.8. The molecule has 0 spiro atoms. The summed E-state index contributed by atoms with van der Waals surface area (Å²) < 4.78 is 0. The summed E-state index contributed by atoms with van der Waals surface area (Å²) in [4.78, 5) is 29.8. The smallest absolute Gasteiger partial charge is 0.269 e. The van der Waals surface area contributed by atoms with Gasteiger partial charge >= 0.3 is 0 Å². The predicted octanol–water partition coefficient (Wildman–Crippen LogP) is 5.08. The SMILES string of the molecule is C[C@H]1CCc2c(C(=O)Nc3ncc(Cc4cccc([N+](=O)[O-])c4)s3)csc2C1. The van der Waals surface area contributed by atoms with Crippen LogP contribution < -0.4 is 5.32 Å². The van der Waals surface area contributed by atoms with Gasteiger partial charge in [-0.15, -0.1) is 22.7 Å². The van der Waals surface area contributed by atoms with Crippen molar-refractivity contribution in [2.24, 2.45) is 5.92 Å². The number of nitro groups is 1. The number of hydrogen-bond donors (Lipinski definition) is 1. The maximum absolute atomic E-state index is 12.7. The number of benzene rings is 1. The number of rotatable bonds is 5. The Morgan fingerprint density at radius 1 is 1.43 bits per heavy atom. The fourth-order valence-electron chi connectivity index (χ4n) is 3.46. The zero-order chi connectivity index (χ0) is 19.7. The van der Waals surface area contributed by atoms with Gasteiger partial charge in [0.2, 0.25) is 0 Å². The van der Waals surface area contributed by atoms with Crippen LogP contribution in [-0.4, -0.2) is 15.8 Å². The molecule has 0 unspecified atom stereocenters. The second kappa shape index (κ2) is 7.81. The Hall–Kier alpha value is -2.58. The van der Waals surface area contributed by atoms with Crippen molar-refractivity contribution in [1.82, 2.24) is 4.98 Å². The molecule has 1 atom stereocenters. The molecule has 1 aromatic carbocycles. The lowest BCUT2D eigenvalue weighted by Crippen LogP contribution is -2.16. The van der Waals surface area contributed by atoms with E-state index in [-0.39, 0.29) is 11.6 Å². The number of thiazole rings is 1. The van der Waals surface area contributed by atoms with Crippen molar-refractivity contribution in [2.75, 3.05) is 5.32 Å². The van der Waals surface area contributed by atoms with Crippen LogP contribution in [0.4, 0.5) is 10.8 Å². The summed E-state index contributed by atoms with van der Waals surface area (Å²) in [5.41, 5.74) is 2.88. The molecule has 0 fully saturated rings. The minimum Gasteiger partial charge on any atom is -0.298 e. The van der Waals surface area contributed by atoms with E-state index in [9.17, 15) is 14.9 Å². The van der Waals surface area contributed by atoms with Gasteiger partial charge in [-0.05, 0) is 36.3 Å². The number of amides is 1. The number of carbonyl (C=O) groups is 1. The second-order valence-electron chi connectivity index (χ2n) is 7.09. The Morgan fingerprint density at radius 3 is 3.11 bits per heavy atom. The average molecular weight is 414 g/mol. The number of carbonyl (C=O) groups excluding carboxylic acids is 1. The summed E-state index contributed by atoms with van der Waals surface area (Å²) in [6, 6.07) is 6.57. The molecule has 144 valence electrons. The predicted molar refractivity (Wildman–Crippen MR) is 111 cm³/mol. The standard InChI is InChI=1S/C20H19N3O3S2/c1-12-5-6-16-17(11-27-18(16)7-12)19(24)22-20-21-10-15(28-20)9-13-3-2-4-14(8-13)23(25)26/h2-4,8,10-12H,5-7,9H2,1H3,(H,21,22,24)/t12-/m0/s1. The highest BCUT2D eigenvalue weighted by atomic mass is 32.1. The van der Waals surface area contributed by atoms with Crippen LogP contribution in [0.2, 0.25) is 0 Å². The molecule has 8 heteroatoms. The van der Waals surface area contributed by atoms with Gasteiger partial charge in [0.05, 0.1) is 10.5 Å². The van der Waals surface area contributed by atoms with Crippen molar-refractivity contribution < 1.29 is 9.72 Å². The molecule has 0 bridgehead atoms. The van der Waals surface area contributed by atoms with E-state index in [2.05, 4.69) is 17.2 Å². The minimum absolute atomic E-state index is 0.0760. The first-order valence-electron chi connectivity index (χ1n) is 9.08. The lowest BCUT2D eigenvalue weighted by Gasteiger charge is -2.18. The van der Waals surface area contributed by atoms with E-state index in [1.807, 2.05) is 11.4 Å². The van der Waals surface area contributed by atoms with Crippen molar-refractivity contribution in [3.8, 4) is 0 Å². The van der Waals surface area contributed by atoms with Gasteiger partial charge in [-0.1, -0.05) is 19.1 Å². The summed E-state index contributed by atoms with van der Waals surface area (Å²) >= 11 is 3.07. The third-order valence-electron chi connectivity index (χ3n) is 4.92. The molecule has 2 aromatic heterocycles. The Kier molecular flexibility index (Phi) is 5.23. The lowest BCUT2D eigenvalue weighted by atomic mass is 9.88. The molecule has 0 saturated heterocycles. The van der Waals surface area contributed by atoms with Crippen LogP contribution >= 0.6 is 22.7 Å². The molecule has 1 aliphatic carbocycles. The summed E-state index contributed by atoms with van der Waals surface area (Å²) in [6.07, 6.45) is 5.38. The molecule has 4 rings (SSSR count). The molecule has 0 aliphatic heterocycles. The molecule has 6 nitrogen and oxygen atoms in total. The van der Waals surface area contributed by atoms with Gasteiger partial charge in [-0.2, -0.15) is 0 Å². The molecule has 1 amide bonds. The van der Waals surface area contributed by atoms with Crippen LogP contribution in [-0.2, 0) is 19.3 Å². The van der Waals surface area contributed by atoms with Crippen LogP contribution in [0.5, 0.6) is 0 Å². The number of aromatic nitrogens is 1. The van der Waals surface area contributed by atoms with E-state index in [1.165, 1.54) is 27.8 Å². The number of anilines is 1. The van der Waals surface area contributed by atoms with Gasteiger partial charge in [0.25, 0.3) is 11.6 Å². The van der Waals surface area contributed by atoms with Gasteiger partial charge in [0.1, 0.15) is 0 Å². The Balaban J connectivity index is 1.45. The lowest BCUT2D eigenvalue weighted by molar-refractivity contribution is -0.384. The van der Waals surface area contributed by atoms with E-state index < -0.39 is 4.92 Å². The number of nitrogens with one attached hydrogen (secondary N) is 1. The molecule has 28 heavy (non-hydrogen) atoms. The quantitative estimate of drug-likeness (QED) is 0.467. The first-order chi connectivity index (χ1) is 13.5. The third kappa shape index (κ3) is 3.98. The van der Waals surface area contributed by atoms with Crippen molar-refractivity contribution in [2.45, 2.75) is 32.6 Å².